The van der Waals surface area contributed by atoms with Crippen LogP contribution in [-0.2, 0) is 6.42 Å². The highest BCUT2D eigenvalue weighted by Gasteiger charge is 2.14. The van der Waals surface area contributed by atoms with E-state index < -0.39 is 6.10 Å². The molecule has 0 saturated carbocycles. The average Bonchev–Trinajstić information content (AvgIpc) is 2.35. The standard InChI is InChI=1S/C14H10Br2Cl2O/c15-9-2-4-12(16)11(6-9)14(19)5-8-1-3-10(17)7-13(8)18/h1-4,6-7,14,19H,5H2. The van der Waals surface area contributed by atoms with Crippen LogP contribution in [0.1, 0.15) is 17.2 Å². The highest BCUT2D eigenvalue weighted by molar-refractivity contribution is 9.11. The Labute approximate surface area is 138 Å². The maximum atomic E-state index is 10.3. The van der Waals surface area contributed by atoms with E-state index in [0.29, 0.717) is 16.5 Å². The van der Waals surface area contributed by atoms with Crippen LogP contribution in [0.15, 0.2) is 45.3 Å². The fraction of sp³-hybridized carbons (Fsp3) is 0.143. The summed E-state index contributed by atoms with van der Waals surface area (Å²) in [5, 5.41) is 11.5. The van der Waals surface area contributed by atoms with Gasteiger partial charge in [-0.15, -0.1) is 0 Å². The molecule has 0 aromatic heterocycles. The van der Waals surface area contributed by atoms with Gasteiger partial charge in [0.15, 0.2) is 0 Å². The Bertz CT molecular complexity index is 602. The molecule has 0 spiro atoms. The molecule has 1 N–H and O–H groups in total. The summed E-state index contributed by atoms with van der Waals surface area (Å²) in [6.45, 7) is 0. The van der Waals surface area contributed by atoms with Gasteiger partial charge in [0.2, 0.25) is 0 Å². The molecule has 1 unspecified atom stereocenters. The zero-order chi connectivity index (χ0) is 14.0. The van der Waals surface area contributed by atoms with Gasteiger partial charge in [-0.25, -0.2) is 0 Å². The summed E-state index contributed by atoms with van der Waals surface area (Å²) < 4.78 is 1.79. The normalized spacial score (nSPS) is 12.5. The topological polar surface area (TPSA) is 20.2 Å². The highest BCUT2D eigenvalue weighted by Crippen LogP contribution is 2.31. The Kier molecular flexibility index (Phi) is 5.32. The van der Waals surface area contributed by atoms with Crippen molar-refractivity contribution in [2.75, 3.05) is 0 Å². The van der Waals surface area contributed by atoms with E-state index in [-0.39, 0.29) is 0 Å². The van der Waals surface area contributed by atoms with Crippen LogP contribution in [0.3, 0.4) is 0 Å². The molecule has 2 aromatic rings. The maximum Gasteiger partial charge on any atom is 0.0842 e. The van der Waals surface area contributed by atoms with Gasteiger partial charge in [-0.05, 0) is 41.5 Å². The Balaban J connectivity index is 2.25. The molecule has 2 rings (SSSR count). The summed E-state index contributed by atoms with van der Waals surface area (Å²) >= 11 is 18.8. The van der Waals surface area contributed by atoms with Crippen molar-refractivity contribution in [3.8, 4) is 0 Å². The number of rotatable bonds is 3. The number of hydrogen-bond acceptors (Lipinski definition) is 1. The molecule has 0 amide bonds. The van der Waals surface area contributed by atoms with Crippen LogP contribution in [-0.4, -0.2) is 5.11 Å². The average molecular weight is 425 g/mol. The molecule has 100 valence electrons. The molecule has 0 radical (unpaired) electrons. The third-order valence-corrected chi connectivity index (χ3v) is 4.55. The minimum Gasteiger partial charge on any atom is -0.388 e. The quantitative estimate of drug-likeness (QED) is 0.660. The molecular weight excluding hydrogens is 415 g/mol. The SMILES string of the molecule is OC(Cc1ccc(Cl)cc1Cl)c1cc(Br)ccc1Br. The van der Waals surface area contributed by atoms with Gasteiger partial charge < -0.3 is 5.11 Å². The van der Waals surface area contributed by atoms with E-state index in [1.807, 2.05) is 24.3 Å². The van der Waals surface area contributed by atoms with Gasteiger partial charge in [-0.2, -0.15) is 0 Å². The molecule has 1 atom stereocenters. The zero-order valence-corrected chi connectivity index (χ0v) is 14.4. The van der Waals surface area contributed by atoms with Crippen LogP contribution >= 0.6 is 55.1 Å². The van der Waals surface area contributed by atoms with Crippen LogP contribution in [0.2, 0.25) is 10.0 Å². The van der Waals surface area contributed by atoms with Crippen LogP contribution in [0.25, 0.3) is 0 Å². The summed E-state index contributed by atoms with van der Waals surface area (Å²) in [5.74, 6) is 0. The lowest BCUT2D eigenvalue weighted by molar-refractivity contribution is 0.177. The fourth-order valence-electron chi connectivity index (χ4n) is 1.78. The second-order valence-electron chi connectivity index (χ2n) is 4.12. The van der Waals surface area contributed by atoms with Gasteiger partial charge >= 0.3 is 0 Å². The summed E-state index contributed by atoms with van der Waals surface area (Å²) in [7, 11) is 0. The molecule has 19 heavy (non-hydrogen) atoms. The largest absolute Gasteiger partial charge is 0.388 e. The van der Waals surface area contributed by atoms with Gasteiger partial charge in [0.25, 0.3) is 0 Å². The lowest BCUT2D eigenvalue weighted by atomic mass is 10.0. The molecule has 0 aliphatic carbocycles. The summed E-state index contributed by atoms with van der Waals surface area (Å²) in [6.07, 6.45) is -0.198. The van der Waals surface area contributed by atoms with Crippen molar-refractivity contribution >= 4 is 55.1 Å². The number of aliphatic hydroxyl groups excluding tert-OH is 1. The molecule has 0 heterocycles. The molecule has 0 saturated heterocycles. The van der Waals surface area contributed by atoms with E-state index in [1.165, 1.54) is 0 Å². The molecular formula is C14H10Br2Cl2O. The van der Waals surface area contributed by atoms with E-state index in [2.05, 4.69) is 31.9 Å². The van der Waals surface area contributed by atoms with E-state index in [0.717, 1.165) is 20.1 Å². The monoisotopic (exact) mass is 422 g/mol. The predicted octanol–water partition coefficient (Wildman–Crippen LogP) is 5.79. The third kappa shape index (κ3) is 3.96. The van der Waals surface area contributed by atoms with Gasteiger partial charge in [-0.1, -0.05) is 61.1 Å². The summed E-state index contributed by atoms with van der Waals surface area (Å²) in [6, 6.07) is 11.0. The minimum absolute atomic E-state index is 0.436. The summed E-state index contributed by atoms with van der Waals surface area (Å²) in [4.78, 5) is 0. The van der Waals surface area contributed by atoms with Crippen molar-refractivity contribution in [1.29, 1.82) is 0 Å². The third-order valence-electron chi connectivity index (χ3n) is 2.75. The molecule has 5 heteroatoms. The first kappa shape index (κ1) is 15.3. The summed E-state index contributed by atoms with van der Waals surface area (Å²) in [5.41, 5.74) is 1.69. The van der Waals surface area contributed by atoms with E-state index in [1.54, 1.807) is 12.1 Å². The zero-order valence-electron chi connectivity index (χ0n) is 9.71. The van der Waals surface area contributed by atoms with Crippen molar-refractivity contribution in [2.45, 2.75) is 12.5 Å². The molecule has 0 fully saturated rings. The molecule has 0 aliphatic rings. The van der Waals surface area contributed by atoms with Crippen molar-refractivity contribution in [3.63, 3.8) is 0 Å². The van der Waals surface area contributed by atoms with Crippen LogP contribution in [0.4, 0.5) is 0 Å². The van der Waals surface area contributed by atoms with E-state index in [4.69, 9.17) is 23.2 Å². The highest BCUT2D eigenvalue weighted by atomic mass is 79.9. The van der Waals surface area contributed by atoms with Gasteiger partial charge in [0, 0.05) is 25.4 Å². The first-order valence-corrected chi connectivity index (χ1v) is 7.88. The first-order valence-electron chi connectivity index (χ1n) is 5.54. The molecule has 0 aliphatic heterocycles. The lowest BCUT2D eigenvalue weighted by Crippen LogP contribution is -2.03. The fourth-order valence-corrected chi connectivity index (χ4v) is 3.15. The van der Waals surface area contributed by atoms with Crippen LogP contribution in [0, 0.1) is 0 Å². The van der Waals surface area contributed by atoms with Crippen molar-refractivity contribution in [3.05, 3.63) is 66.5 Å². The van der Waals surface area contributed by atoms with Gasteiger partial charge in [0.05, 0.1) is 6.10 Å². The maximum absolute atomic E-state index is 10.3. The molecule has 1 nitrogen and oxygen atoms in total. The number of aliphatic hydroxyl groups is 1. The second-order valence-corrected chi connectivity index (χ2v) is 6.74. The Morgan fingerprint density at radius 3 is 2.47 bits per heavy atom. The van der Waals surface area contributed by atoms with Crippen molar-refractivity contribution < 1.29 is 5.11 Å². The Morgan fingerprint density at radius 2 is 1.79 bits per heavy atom. The molecule has 0 bridgehead atoms. The van der Waals surface area contributed by atoms with Crippen molar-refractivity contribution in [2.24, 2.45) is 0 Å². The Hall–Kier alpha value is -0.0600. The number of benzene rings is 2. The van der Waals surface area contributed by atoms with Crippen molar-refractivity contribution in [1.82, 2.24) is 0 Å². The molecule has 2 aromatic carbocycles. The Morgan fingerprint density at radius 1 is 1.05 bits per heavy atom. The van der Waals surface area contributed by atoms with Gasteiger partial charge in [0.1, 0.15) is 0 Å². The van der Waals surface area contributed by atoms with Gasteiger partial charge in [-0.3, -0.25) is 0 Å². The van der Waals surface area contributed by atoms with E-state index in [9.17, 15) is 5.11 Å². The first-order chi connectivity index (χ1) is 8.97. The van der Waals surface area contributed by atoms with Crippen LogP contribution in [0.5, 0.6) is 0 Å². The minimum atomic E-state index is -0.634. The lowest BCUT2D eigenvalue weighted by Gasteiger charge is -2.14. The smallest absolute Gasteiger partial charge is 0.0842 e. The second kappa shape index (κ2) is 6.59. The number of halogens is 4. The number of hydrogen-bond donors (Lipinski definition) is 1. The predicted molar refractivity (Wildman–Crippen MR) is 87.0 cm³/mol. The van der Waals surface area contributed by atoms with Crippen LogP contribution < -0.4 is 0 Å². The van der Waals surface area contributed by atoms with E-state index >= 15 is 0 Å².